The summed E-state index contributed by atoms with van der Waals surface area (Å²) in [5, 5.41) is 27.2. The first-order valence-electron chi connectivity index (χ1n) is 3.55. The summed E-state index contributed by atoms with van der Waals surface area (Å²) < 4.78 is 0. The van der Waals surface area contributed by atoms with Gasteiger partial charge in [-0.15, -0.1) is 12.4 Å². The molecule has 5 heteroatoms. The first-order valence-corrected chi connectivity index (χ1v) is 3.55. The molecular formula is C8H12ClNO3. The van der Waals surface area contributed by atoms with E-state index < -0.39 is 6.10 Å². The normalized spacial score (nSPS) is 11.8. The molecule has 0 aliphatic rings. The Morgan fingerprint density at radius 3 is 2.31 bits per heavy atom. The average Bonchev–Trinajstić information content (AvgIpc) is 2.08. The number of aliphatic hydroxyl groups is 1. The largest absolute Gasteiger partial charge is 0.504 e. The van der Waals surface area contributed by atoms with Crippen molar-refractivity contribution in [3.8, 4) is 11.5 Å². The van der Waals surface area contributed by atoms with Gasteiger partial charge in [0.1, 0.15) is 0 Å². The van der Waals surface area contributed by atoms with Crippen LogP contribution in [0.4, 0.5) is 0 Å². The Balaban J connectivity index is 0.00000144. The molecule has 0 spiro atoms. The molecule has 0 aliphatic carbocycles. The highest BCUT2D eigenvalue weighted by Gasteiger charge is 2.07. The maximum Gasteiger partial charge on any atom is 0.157 e. The third-order valence-electron chi connectivity index (χ3n) is 1.61. The molecule has 1 unspecified atom stereocenters. The number of aromatic hydroxyl groups is 2. The van der Waals surface area contributed by atoms with Crippen molar-refractivity contribution in [2.75, 3.05) is 6.54 Å². The Morgan fingerprint density at radius 1 is 1.23 bits per heavy atom. The van der Waals surface area contributed by atoms with Crippen LogP contribution in [0.5, 0.6) is 11.5 Å². The number of phenols is 2. The molecule has 4 nitrogen and oxygen atoms in total. The molecule has 0 amide bonds. The summed E-state index contributed by atoms with van der Waals surface area (Å²) in [5.74, 6) is -0.456. The van der Waals surface area contributed by atoms with Crippen LogP contribution in [0.2, 0.25) is 0 Å². The highest BCUT2D eigenvalue weighted by Crippen LogP contribution is 2.27. The van der Waals surface area contributed by atoms with Crippen molar-refractivity contribution < 1.29 is 15.3 Å². The van der Waals surface area contributed by atoms with Crippen LogP contribution in [0.25, 0.3) is 0 Å². The molecule has 0 saturated carbocycles. The number of rotatable bonds is 2. The van der Waals surface area contributed by atoms with Crippen molar-refractivity contribution >= 4 is 12.4 Å². The molecule has 0 aromatic heterocycles. The molecule has 0 fully saturated rings. The Labute approximate surface area is 82.0 Å². The van der Waals surface area contributed by atoms with E-state index in [4.69, 9.17) is 15.9 Å². The molecule has 0 bridgehead atoms. The van der Waals surface area contributed by atoms with Gasteiger partial charge in [-0.3, -0.25) is 0 Å². The average molecular weight is 206 g/mol. The number of hydrogen-bond donors (Lipinski definition) is 4. The van der Waals surface area contributed by atoms with Crippen molar-refractivity contribution in [2.24, 2.45) is 5.73 Å². The van der Waals surface area contributed by atoms with Crippen LogP contribution >= 0.6 is 12.4 Å². The highest BCUT2D eigenvalue weighted by molar-refractivity contribution is 5.85. The van der Waals surface area contributed by atoms with Crippen LogP contribution in [0.15, 0.2) is 18.2 Å². The van der Waals surface area contributed by atoms with Crippen LogP contribution in [0, 0.1) is 0 Å². The minimum absolute atomic E-state index is 0. The second kappa shape index (κ2) is 4.91. The molecule has 1 rings (SSSR count). The lowest BCUT2D eigenvalue weighted by atomic mass is 10.1. The second-order valence-corrected chi connectivity index (χ2v) is 2.50. The minimum Gasteiger partial charge on any atom is -0.504 e. The fraction of sp³-hybridized carbons (Fsp3) is 0.250. The van der Waals surface area contributed by atoms with Crippen molar-refractivity contribution in [2.45, 2.75) is 6.10 Å². The van der Waals surface area contributed by atoms with Crippen LogP contribution < -0.4 is 5.73 Å². The van der Waals surface area contributed by atoms with Gasteiger partial charge in [-0.25, -0.2) is 0 Å². The van der Waals surface area contributed by atoms with E-state index in [2.05, 4.69) is 0 Å². The third kappa shape index (κ3) is 2.77. The molecule has 13 heavy (non-hydrogen) atoms. The first-order chi connectivity index (χ1) is 5.65. The zero-order valence-electron chi connectivity index (χ0n) is 6.84. The van der Waals surface area contributed by atoms with Crippen LogP contribution in [-0.2, 0) is 0 Å². The Bertz CT molecular complexity index is 280. The highest BCUT2D eigenvalue weighted by atomic mass is 35.5. The lowest BCUT2D eigenvalue weighted by Gasteiger charge is -2.08. The molecule has 0 saturated heterocycles. The van der Waals surface area contributed by atoms with E-state index in [1.807, 2.05) is 0 Å². The van der Waals surface area contributed by atoms with Gasteiger partial charge in [0, 0.05) is 6.54 Å². The van der Waals surface area contributed by atoms with Crippen LogP contribution in [-0.4, -0.2) is 21.9 Å². The van der Waals surface area contributed by atoms with E-state index in [-0.39, 0.29) is 30.5 Å². The Morgan fingerprint density at radius 2 is 1.85 bits per heavy atom. The van der Waals surface area contributed by atoms with Crippen molar-refractivity contribution in [1.82, 2.24) is 0 Å². The number of benzene rings is 1. The number of aliphatic hydroxyl groups excluding tert-OH is 1. The zero-order valence-corrected chi connectivity index (χ0v) is 7.66. The molecule has 0 aliphatic heterocycles. The number of hydrogen-bond acceptors (Lipinski definition) is 4. The number of nitrogens with two attached hydrogens (primary N) is 1. The van der Waals surface area contributed by atoms with Gasteiger partial charge < -0.3 is 21.1 Å². The van der Waals surface area contributed by atoms with E-state index in [1.54, 1.807) is 0 Å². The van der Waals surface area contributed by atoms with Gasteiger partial charge in [0.25, 0.3) is 0 Å². The van der Waals surface area contributed by atoms with Crippen molar-refractivity contribution in [3.63, 3.8) is 0 Å². The van der Waals surface area contributed by atoms with Crippen molar-refractivity contribution in [1.29, 1.82) is 0 Å². The molecule has 1 aromatic rings. The van der Waals surface area contributed by atoms with Gasteiger partial charge in [0.2, 0.25) is 0 Å². The van der Waals surface area contributed by atoms with Gasteiger partial charge in [-0.2, -0.15) is 0 Å². The maximum atomic E-state index is 9.23. The molecule has 0 heterocycles. The smallest absolute Gasteiger partial charge is 0.157 e. The van der Waals surface area contributed by atoms with E-state index >= 15 is 0 Å². The standard InChI is InChI=1S/C8H11NO3.ClH/c9-4-8(12)5-1-2-6(10)7(11)3-5;/h1-3,8,10-12H,4,9H2;1H. The molecule has 5 N–H and O–H groups in total. The molecule has 0 radical (unpaired) electrons. The summed E-state index contributed by atoms with van der Waals surface area (Å²) in [6, 6.07) is 4.10. The minimum atomic E-state index is -0.795. The van der Waals surface area contributed by atoms with Gasteiger partial charge in [0.05, 0.1) is 6.10 Å². The molecule has 1 aromatic carbocycles. The van der Waals surface area contributed by atoms with Gasteiger partial charge in [-0.1, -0.05) is 6.07 Å². The molecular weight excluding hydrogens is 194 g/mol. The van der Waals surface area contributed by atoms with Gasteiger partial charge in [0.15, 0.2) is 11.5 Å². The van der Waals surface area contributed by atoms with Crippen LogP contribution in [0.1, 0.15) is 11.7 Å². The van der Waals surface area contributed by atoms with Gasteiger partial charge in [-0.05, 0) is 17.7 Å². The fourth-order valence-electron chi connectivity index (χ4n) is 0.884. The number of halogens is 1. The quantitative estimate of drug-likeness (QED) is 0.530. The summed E-state index contributed by atoms with van der Waals surface area (Å²) in [6.45, 7) is 0.0875. The maximum absolute atomic E-state index is 9.23. The SMILES string of the molecule is Cl.NCC(O)c1ccc(O)c(O)c1. The molecule has 1 atom stereocenters. The lowest BCUT2D eigenvalue weighted by Crippen LogP contribution is -2.11. The third-order valence-corrected chi connectivity index (χ3v) is 1.61. The second-order valence-electron chi connectivity index (χ2n) is 2.50. The lowest BCUT2D eigenvalue weighted by molar-refractivity contribution is 0.186. The van der Waals surface area contributed by atoms with Crippen LogP contribution in [0.3, 0.4) is 0 Å². The summed E-state index contributed by atoms with van der Waals surface area (Å²) >= 11 is 0. The summed E-state index contributed by atoms with van der Waals surface area (Å²) in [7, 11) is 0. The van der Waals surface area contributed by atoms with E-state index in [1.165, 1.54) is 18.2 Å². The van der Waals surface area contributed by atoms with E-state index in [0.717, 1.165) is 0 Å². The monoisotopic (exact) mass is 205 g/mol. The summed E-state index contributed by atoms with van der Waals surface area (Å²) in [5.41, 5.74) is 5.69. The fourth-order valence-corrected chi connectivity index (χ4v) is 0.884. The zero-order chi connectivity index (χ0) is 9.14. The predicted molar refractivity (Wildman–Crippen MR) is 51.0 cm³/mol. The van der Waals surface area contributed by atoms with Crippen molar-refractivity contribution in [3.05, 3.63) is 23.8 Å². The van der Waals surface area contributed by atoms with E-state index in [9.17, 15) is 5.11 Å². The van der Waals surface area contributed by atoms with Gasteiger partial charge >= 0.3 is 0 Å². The molecule has 74 valence electrons. The topological polar surface area (TPSA) is 86.7 Å². The first kappa shape index (κ1) is 12.0. The van der Waals surface area contributed by atoms with E-state index in [0.29, 0.717) is 5.56 Å². The number of phenolic OH excluding ortho intramolecular Hbond substituents is 2. The summed E-state index contributed by atoms with van der Waals surface area (Å²) in [6.07, 6.45) is -0.795. The Hall–Kier alpha value is -0.970. The predicted octanol–water partition coefficient (Wildman–Crippen LogP) is 0.512. The summed E-state index contributed by atoms with van der Waals surface area (Å²) in [4.78, 5) is 0. The Kier molecular flexibility index (Phi) is 4.55.